The van der Waals surface area contributed by atoms with Crippen LogP contribution in [-0.2, 0) is 11.3 Å². The third-order valence-electron chi connectivity index (χ3n) is 3.27. The Balaban J connectivity index is 1.88. The Bertz CT molecular complexity index is 650. The molecule has 0 saturated heterocycles. The zero-order valence-corrected chi connectivity index (χ0v) is 12.7. The van der Waals surface area contributed by atoms with Crippen LogP contribution in [0.4, 0.5) is 4.39 Å². The Kier molecular flexibility index (Phi) is 6.61. The van der Waals surface area contributed by atoms with Gasteiger partial charge in [-0.25, -0.2) is 0 Å². The average molecular weight is 313 g/mol. The van der Waals surface area contributed by atoms with Gasteiger partial charge in [-0.2, -0.15) is 0 Å². The maximum absolute atomic E-state index is 12.4. The fourth-order valence-corrected chi connectivity index (χ4v) is 1.86. The summed E-state index contributed by atoms with van der Waals surface area (Å²) in [7, 11) is 0. The van der Waals surface area contributed by atoms with Crippen molar-refractivity contribution in [2.75, 3.05) is 19.9 Å². The maximum atomic E-state index is 12.4. The highest BCUT2D eigenvalue weighted by Gasteiger charge is 2.06. The summed E-state index contributed by atoms with van der Waals surface area (Å²) in [6.45, 7) is -0.206. The number of hydrogen-bond acceptors (Lipinski definition) is 3. The molecule has 0 heterocycles. The van der Waals surface area contributed by atoms with E-state index in [4.69, 9.17) is 9.84 Å². The molecule has 0 spiro atoms. The molecule has 0 aliphatic rings. The minimum absolute atomic E-state index is 0.204. The first-order valence-electron chi connectivity index (χ1n) is 7.36. The molecule has 0 radical (unpaired) electrons. The number of aliphatic hydroxyl groups is 1. The first-order chi connectivity index (χ1) is 11.2. The Hall–Kier alpha value is -2.35. The molecule has 23 heavy (non-hydrogen) atoms. The summed E-state index contributed by atoms with van der Waals surface area (Å²) >= 11 is 0. The molecule has 0 fully saturated rings. The minimum atomic E-state index is -0.581. The lowest BCUT2D eigenvalue weighted by Gasteiger charge is -2.10. The second-order valence-corrected chi connectivity index (χ2v) is 5.21. The van der Waals surface area contributed by atoms with Gasteiger partial charge in [0.05, 0.1) is 26.5 Å². The predicted molar refractivity (Wildman–Crippen MR) is 86.7 cm³/mol. The van der Waals surface area contributed by atoms with Crippen LogP contribution < -0.4 is 0 Å². The summed E-state index contributed by atoms with van der Waals surface area (Å²) in [4.78, 5) is 0. The van der Waals surface area contributed by atoms with Crippen molar-refractivity contribution in [1.29, 1.82) is 0 Å². The molecule has 2 rings (SSSR count). The molecule has 0 aromatic heterocycles. The topological polar surface area (TPSA) is 49.7 Å². The van der Waals surface area contributed by atoms with Gasteiger partial charge in [0.1, 0.15) is 5.75 Å². The van der Waals surface area contributed by atoms with Crippen molar-refractivity contribution in [3.8, 4) is 17.6 Å². The van der Waals surface area contributed by atoms with Gasteiger partial charge in [0.2, 0.25) is 0 Å². The number of benzene rings is 2. The molecule has 2 N–H and O–H groups in total. The van der Waals surface area contributed by atoms with Crippen LogP contribution in [-0.4, -0.2) is 30.1 Å². The van der Waals surface area contributed by atoms with Gasteiger partial charge in [0.25, 0.3) is 0 Å². The molecule has 0 saturated carbocycles. The first-order valence-corrected chi connectivity index (χ1v) is 7.36. The van der Waals surface area contributed by atoms with E-state index in [1.807, 2.05) is 24.3 Å². The van der Waals surface area contributed by atoms with Crippen molar-refractivity contribution < 1.29 is 19.3 Å². The molecule has 1 unspecified atom stereocenters. The van der Waals surface area contributed by atoms with Crippen molar-refractivity contribution in [1.82, 2.24) is 0 Å². The molecule has 3 nitrogen and oxygen atoms in total. The van der Waals surface area contributed by atoms with Gasteiger partial charge in [0, 0.05) is 17.0 Å². The average Bonchev–Trinajstić information content (AvgIpc) is 2.59. The van der Waals surface area contributed by atoms with Crippen molar-refractivity contribution in [2.45, 2.75) is 6.61 Å². The monoisotopic (exact) mass is 313 g/mol. The first kappa shape index (κ1) is 17.0. The van der Waals surface area contributed by atoms with E-state index in [-0.39, 0.29) is 19.0 Å². The van der Waals surface area contributed by atoms with Crippen molar-refractivity contribution in [2.24, 2.45) is 5.92 Å². The van der Waals surface area contributed by atoms with E-state index < -0.39 is 12.6 Å². The van der Waals surface area contributed by atoms with Gasteiger partial charge in [-0.3, -0.25) is 4.39 Å². The number of halogens is 1. The SMILES string of the molecule is OCC(C[18F])COCc1ccc(C#Cc2ccc(O)cc2)cc1. The molecule has 120 valence electrons. The lowest BCUT2D eigenvalue weighted by Crippen LogP contribution is -2.15. The Morgan fingerprint density at radius 2 is 1.52 bits per heavy atom. The molecule has 0 amide bonds. The number of aliphatic hydroxyl groups excluding tert-OH is 1. The Morgan fingerprint density at radius 3 is 2.04 bits per heavy atom. The van der Waals surface area contributed by atoms with Crippen LogP contribution in [0.2, 0.25) is 0 Å². The molecule has 1 atom stereocenters. The van der Waals surface area contributed by atoms with E-state index in [1.165, 1.54) is 0 Å². The summed E-state index contributed by atoms with van der Waals surface area (Å²) < 4.78 is 17.8. The molecular formula is C19H19FO3. The third-order valence-corrected chi connectivity index (χ3v) is 3.27. The maximum Gasteiger partial charge on any atom is 0.115 e. The van der Waals surface area contributed by atoms with Crippen LogP contribution in [0.5, 0.6) is 5.75 Å². The van der Waals surface area contributed by atoms with Gasteiger partial charge in [-0.15, -0.1) is 0 Å². The zero-order chi connectivity index (χ0) is 16.5. The largest absolute Gasteiger partial charge is 0.508 e. The number of ether oxygens (including phenoxy) is 1. The Morgan fingerprint density at radius 1 is 0.957 bits per heavy atom. The number of rotatable bonds is 6. The van der Waals surface area contributed by atoms with Gasteiger partial charge in [-0.1, -0.05) is 24.0 Å². The lowest BCUT2D eigenvalue weighted by atomic mass is 10.1. The van der Waals surface area contributed by atoms with Crippen molar-refractivity contribution in [3.05, 3.63) is 65.2 Å². The van der Waals surface area contributed by atoms with Crippen LogP contribution in [0.25, 0.3) is 0 Å². The van der Waals surface area contributed by atoms with Crippen LogP contribution >= 0.6 is 0 Å². The van der Waals surface area contributed by atoms with Crippen LogP contribution in [0.1, 0.15) is 16.7 Å². The van der Waals surface area contributed by atoms with E-state index in [0.29, 0.717) is 6.61 Å². The summed E-state index contributed by atoms with van der Waals surface area (Å²) in [5.41, 5.74) is 2.67. The number of phenolic OH excluding ortho intramolecular Hbond substituents is 1. The van der Waals surface area contributed by atoms with Crippen molar-refractivity contribution >= 4 is 0 Å². The fraction of sp³-hybridized carbons (Fsp3) is 0.263. The summed E-state index contributed by atoms with van der Waals surface area (Å²) in [6, 6.07) is 14.3. The highest BCUT2D eigenvalue weighted by Crippen LogP contribution is 2.09. The Labute approximate surface area is 135 Å². The van der Waals surface area contributed by atoms with Gasteiger partial charge in [0.15, 0.2) is 0 Å². The van der Waals surface area contributed by atoms with E-state index in [1.54, 1.807) is 24.3 Å². The highest BCUT2D eigenvalue weighted by atomic mass is 18.2. The number of alkyl halides is 1. The van der Waals surface area contributed by atoms with E-state index in [2.05, 4.69) is 11.8 Å². The second kappa shape index (κ2) is 8.94. The van der Waals surface area contributed by atoms with E-state index >= 15 is 0 Å². The van der Waals surface area contributed by atoms with E-state index in [0.717, 1.165) is 16.7 Å². The number of phenols is 1. The molecule has 2 aromatic rings. The van der Waals surface area contributed by atoms with Gasteiger partial charge >= 0.3 is 0 Å². The zero-order valence-electron chi connectivity index (χ0n) is 12.7. The highest BCUT2D eigenvalue weighted by molar-refractivity contribution is 5.44. The fourth-order valence-electron chi connectivity index (χ4n) is 1.86. The summed E-state index contributed by atoms with van der Waals surface area (Å²) in [5.74, 6) is 5.83. The normalized spacial score (nSPS) is 11.6. The van der Waals surface area contributed by atoms with Crippen molar-refractivity contribution in [3.63, 3.8) is 0 Å². The summed E-state index contributed by atoms with van der Waals surface area (Å²) in [5, 5.41) is 18.1. The van der Waals surface area contributed by atoms with E-state index in [9.17, 15) is 9.50 Å². The molecule has 0 aliphatic carbocycles. The lowest BCUT2D eigenvalue weighted by molar-refractivity contribution is 0.0528. The van der Waals surface area contributed by atoms with Gasteiger partial charge < -0.3 is 14.9 Å². The standard InChI is InChI=1S/C19H19FO3/c20-11-18(12-21)14-23-13-17-5-3-15(4-6-17)1-2-16-7-9-19(22)10-8-16/h3-10,18,21-22H,11-14H2/i20-1. The van der Waals surface area contributed by atoms with Crippen LogP contribution in [0, 0.1) is 17.8 Å². The van der Waals surface area contributed by atoms with Crippen LogP contribution in [0.15, 0.2) is 48.5 Å². The molecule has 4 heteroatoms. The second-order valence-electron chi connectivity index (χ2n) is 5.21. The number of hydrogen-bond donors (Lipinski definition) is 2. The molecule has 2 aromatic carbocycles. The third kappa shape index (κ3) is 5.74. The van der Waals surface area contributed by atoms with Gasteiger partial charge in [-0.05, 0) is 42.0 Å². The number of aromatic hydroxyl groups is 1. The summed E-state index contributed by atoms with van der Waals surface area (Å²) in [6.07, 6.45) is 0. The van der Waals surface area contributed by atoms with Crippen LogP contribution in [0.3, 0.4) is 0 Å². The molecular weight excluding hydrogens is 294 g/mol. The molecule has 0 bridgehead atoms. The minimum Gasteiger partial charge on any atom is -0.508 e. The molecule has 0 aliphatic heterocycles. The smallest absolute Gasteiger partial charge is 0.115 e. The quantitative estimate of drug-likeness (QED) is 0.806. The predicted octanol–water partition coefficient (Wildman–Crippen LogP) is 2.89.